The van der Waals surface area contributed by atoms with Gasteiger partial charge in [0.2, 0.25) is 0 Å². The predicted octanol–water partition coefficient (Wildman–Crippen LogP) is 4.88. The molecule has 4 aromatic rings. The number of rotatable bonds is 5. The molecule has 0 bridgehead atoms. The van der Waals surface area contributed by atoms with Crippen molar-refractivity contribution in [2.45, 2.75) is 13.0 Å². The van der Waals surface area contributed by atoms with Crippen molar-refractivity contribution < 1.29 is 19.4 Å². The molecule has 0 saturated carbocycles. The first-order chi connectivity index (χ1) is 18.2. The van der Waals surface area contributed by atoms with E-state index in [1.165, 1.54) is 16.7 Å². The summed E-state index contributed by atoms with van der Waals surface area (Å²) in [5, 5.41) is 11.3. The molecule has 3 aromatic carbocycles. The van der Waals surface area contributed by atoms with E-state index in [4.69, 9.17) is 4.74 Å². The number of Topliss-reactive ketones (excluding diaryl/α,β-unsaturated/α-hetero) is 1. The molecule has 1 amide bonds. The van der Waals surface area contributed by atoms with Gasteiger partial charge >= 0.3 is 0 Å². The van der Waals surface area contributed by atoms with Crippen molar-refractivity contribution in [2.24, 2.45) is 7.05 Å². The number of aliphatic hydroxyl groups excluding tert-OH is 1. The van der Waals surface area contributed by atoms with E-state index in [0.717, 1.165) is 4.47 Å². The zero-order valence-electron chi connectivity index (χ0n) is 20.9. The number of amides is 1. The maximum absolute atomic E-state index is 13.8. The summed E-state index contributed by atoms with van der Waals surface area (Å²) in [6.45, 7) is 1.72. The van der Waals surface area contributed by atoms with Crippen LogP contribution in [0.2, 0.25) is 0 Å². The van der Waals surface area contributed by atoms with Gasteiger partial charge in [-0.2, -0.15) is 0 Å². The molecule has 192 valence electrons. The summed E-state index contributed by atoms with van der Waals surface area (Å²) < 4.78 is 9.09. The van der Waals surface area contributed by atoms with Crippen molar-refractivity contribution in [2.75, 3.05) is 12.0 Å². The molecule has 0 radical (unpaired) electrons. The standard InChI is InChI=1S/C29H24BrN3O5/c1-17-24(28(36)33(31(17)2)21-7-5-4-6-8-21)32-25(18-9-13-20(30)14-10-18)23(27(35)29(32)37)26(34)19-11-15-22(38-3)16-12-19/h4-16,25,34H,1-3H3. The minimum absolute atomic E-state index is 0.0696. The smallest absolute Gasteiger partial charge is 0.300 e. The number of hydrogen-bond donors (Lipinski definition) is 1. The minimum atomic E-state index is -1.02. The third kappa shape index (κ3) is 4.05. The lowest BCUT2D eigenvalue weighted by Crippen LogP contribution is -2.34. The highest BCUT2D eigenvalue weighted by Crippen LogP contribution is 2.42. The van der Waals surface area contributed by atoms with E-state index in [1.54, 1.807) is 79.3 Å². The van der Waals surface area contributed by atoms with Crippen molar-refractivity contribution in [1.82, 2.24) is 9.36 Å². The van der Waals surface area contributed by atoms with Crippen LogP contribution >= 0.6 is 15.9 Å². The number of carbonyl (C=O) groups is 2. The molecule has 0 spiro atoms. The number of halogens is 1. The van der Waals surface area contributed by atoms with Crippen LogP contribution in [-0.4, -0.2) is 33.3 Å². The van der Waals surface area contributed by atoms with Gasteiger partial charge in [0.25, 0.3) is 17.2 Å². The van der Waals surface area contributed by atoms with Crippen LogP contribution in [0.25, 0.3) is 11.4 Å². The number of aliphatic hydroxyl groups is 1. The third-order valence-corrected chi connectivity index (χ3v) is 7.29. The summed E-state index contributed by atoms with van der Waals surface area (Å²) in [4.78, 5) is 42.2. The highest BCUT2D eigenvalue weighted by molar-refractivity contribution is 9.10. The molecular formula is C29H24BrN3O5. The molecule has 1 fully saturated rings. The number of para-hydroxylation sites is 1. The van der Waals surface area contributed by atoms with Gasteiger partial charge in [-0.15, -0.1) is 0 Å². The van der Waals surface area contributed by atoms with E-state index < -0.39 is 23.3 Å². The van der Waals surface area contributed by atoms with Crippen LogP contribution in [0.3, 0.4) is 0 Å². The fourth-order valence-corrected chi connectivity index (χ4v) is 5.02. The second kappa shape index (κ2) is 9.83. The molecule has 8 nitrogen and oxygen atoms in total. The molecule has 1 atom stereocenters. The SMILES string of the molecule is COc1ccc(C(O)=C2C(=O)C(=O)N(c3c(C)n(C)n(-c4ccccc4)c3=O)C2c2ccc(Br)cc2)cc1. The normalized spacial score (nSPS) is 16.7. The number of ether oxygens (including phenoxy) is 1. The Morgan fingerprint density at radius 3 is 2.16 bits per heavy atom. The Balaban J connectivity index is 1.76. The van der Waals surface area contributed by atoms with Gasteiger partial charge in [0.05, 0.1) is 30.1 Å². The lowest BCUT2D eigenvalue weighted by molar-refractivity contribution is -0.132. The number of aromatic nitrogens is 2. The van der Waals surface area contributed by atoms with Crippen LogP contribution in [0.4, 0.5) is 5.69 Å². The van der Waals surface area contributed by atoms with E-state index in [1.807, 2.05) is 18.2 Å². The topological polar surface area (TPSA) is 93.8 Å². The summed E-state index contributed by atoms with van der Waals surface area (Å²) in [7, 11) is 3.24. The predicted molar refractivity (Wildman–Crippen MR) is 148 cm³/mol. The van der Waals surface area contributed by atoms with Crippen LogP contribution in [0.5, 0.6) is 5.75 Å². The average Bonchev–Trinajstić information content (AvgIpc) is 3.31. The molecule has 5 rings (SSSR count). The zero-order chi connectivity index (χ0) is 27.1. The lowest BCUT2D eigenvalue weighted by atomic mass is 9.95. The number of methoxy groups -OCH3 is 1. The number of carbonyl (C=O) groups excluding carboxylic acids is 2. The van der Waals surface area contributed by atoms with Gasteiger partial charge in [-0.25, -0.2) is 4.68 Å². The van der Waals surface area contributed by atoms with E-state index in [-0.39, 0.29) is 17.0 Å². The van der Waals surface area contributed by atoms with Crippen LogP contribution in [-0.2, 0) is 16.6 Å². The van der Waals surface area contributed by atoms with Gasteiger partial charge in [0.1, 0.15) is 17.2 Å². The van der Waals surface area contributed by atoms with Gasteiger partial charge in [0, 0.05) is 17.1 Å². The quantitative estimate of drug-likeness (QED) is 0.208. The molecule has 0 aliphatic carbocycles. The third-order valence-electron chi connectivity index (χ3n) is 6.76. The second-order valence-electron chi connectivity index (χ2n) is 8.86. The van der Waals surface area contributed by atoms with Crippen LogP contribution < -0.4 is 15.2 Å². The van der Waals surface area contributed by atoms with Gasteiger partial charge in [-0.05, 0) is 61.0 Å². The van der Waals surface area contributed by atoms with Crippen molar-refractivity contribution in [3.05, 3.63) is 116 Å². The molecular weight excluding hydrogens is 550 g/mol. The van der Waals surface area contributed by atoms with E-state index in [9.17, 15) is 19.5 Å². The first-order valence-corrected chi connectivity index (χ1v) is 12.6. The Morgan fingerprint density at radius 1 is 0.921 bits per heavy atom. The van der Waals surface area contributed by atoms with Crippen molar-refractivity contribution >= 4 is 39.1 Å². The Bertz CT molecular complexity index is 1630. The fraction of sp³-hybridized carbons (Fsp3) is 0.138. The Morgan fingerprint density at radius 2 is 1.55 bits per heavy atom. The van der Waals surface area contributed by atoms with Crippen LogP contribution in [0.1, 0.15) is 22.9 Å². The molecule has 1 unspecified atom stereocenters. The summed E-state index contributed by atoms with van der Waals surface area (Å²) in [5.41, 5.74) is 1.53. The number of anilines is 1. The number of ketones is 1. The molecule has 1 aromatic heterocycles. The van der Waals surface area contributed by atoms with E-state index in [2.05, 4.69) is 15.9 Å². The highest BCUT2D eigenvalue weighted by atomic mass is 79.9. The fourth-order valence-electron chi connectivity index (χ4n) is 4.76. The Labute approximate surface area is 227 Å². The van der Waals surface area contributed by atoms with Gasteiger partial charge in [-0.3, -0.25) is 24.0 Å². The minimum Gasteiger partial charge on any atom is -0.507 e. The number of hydrogen-bond acceptors (Lipinski definition) is 5. The van der Waals surface area contributed by atoms with Crippen molar-refractivity contribution in [3.8, 4) is 11.4 Å². The molecule has 1 aliphatic heterocycles. The number of nitrogens with zero attached hydrogens (tertiary/aromatic N) is 3. The lowest BCUT2D eigenvalue weighted by Gasteiger charge is -2.24. The largest absolute Gasteiger partial charge is 0.507 e. The first-order valence-electron chi connectivity index (χ1n) is 11.8. The molecule has 9 heteroatoms. The Hall–Kier alpha value is -4.37. The molecule has 1 N–H and O–H groups in total. The van der Waals surface area contributed by atoms with Crippen LogP contribution in [0.15, 0.2) is 93.7 Å². The summed E-state index contributed by atoms with van der Waals surface area (Å²) in [5.74, 6) is -1.52. The summed E-state index contributed by atoms with van der Waals surface area (Å²) >= 11 is 3.42. The monoisotopic (exact) mass is 573 g/mol. The van der Waals surface area contributed by atoms with Crippen molar-refractivity contribution in [1.29, 1.82) is 0 Å². The first kappa shape index (κ1) is 25.3. The summed E-state index contributed by atoms with van der Waals surface area (Å²) in [6.07, 6.45) is 0. The molecule has 1 aliphatic rings. The van der Waals surface area contributed by atoms with Crippen molar-refractivity contribution in [3.63, 3.8) is 0 Å². The summed E-state index contributed by atoms with van der Waals surface area (Å²) in [6, 6.07) is 21.6. The highest BCUT2D eigenvalue weighted by Gasteiger charge is 2.49. The molecule has 1 saturated heterocycles. The zero-order valence-corrected chi connectivity index (χ0v) is 22.5. The molecule has 2 heterocycles. The average molecular weight is 574 g/mol. The maximum Gasteiger partial charge on any atom is 0.300 e. The second-order valence-corrected chi connectivity index (χ2v) is 9.77. The maximum atomic E-state index is 13.8. The number of benzene rings is 3. The van der Waals surface area contributed by atoms with Crippen LogP contribution in [0, 0.1) is 6.92 Å². The van der Waals surface area contributed by atoms with Gasteiger partial charge in [0.15, 0.2) is 0 Å². The Kier molecular flexibility index (Phi) is 6.54. The molecule has 38 heavy (non-hydrogen) atoms. The van der Waals surface area contributed by atoms with Gasteiger partial charge < -0.3 is 9.84 Å². The van der Waals surface area contributed by atoms with Gasteiger partial charge in [-0.1, -0.05) is 46.3 Å². The van der Waals surface area contributed by atoms with E-state index >= 15 is 0 Å². The van der Waals surface area contributed by atoms with E-state index in [0.29, 0.717) is 28.3 Å².